The van der Waals surface area contributed by atoms with E-state index < -0.39 is 0 Å². The second kappa shape index (κ2) is 11.2. The van der Waals surface area contributed by atoms with Crippen molar-refractivity contribution >= 4 is 28.2 Å². The first-order valence-corrected chi connectivity index (χ1v) is 11.9. The van der Waals surface area contributed by atoms with E-state index in [1.165, 1.54) is 0 Å². The monoisotopic (exact) mass is 463 g/mol. The average Bonchev–Trinajstić information content (AvgIpc) is 3.37. The van der Waals surface area contributed by atoms with Gasteiger partial charge >= 0.3 is 0 Å². The Balaban J connectivity index is 0.00000141. The van der Waals surface area contributed by atoms with E-state index in [4.69, 9.17) is 4.74 Å². The summed E-state index contributed by atoms with van der Waals surface area (Å²) in [6.45, 7) is 6.62. The van der Waals surface area contributed by atoms with Gasteiger partial charge in [0.15, 0.2) is 5.78 Å². The maximum atomic E-state index is 12.6. The number of ketones is 1. The van der Waals surface area contributed by atoms with Crippen LogP contribution in [0.3, 0.4) is 0 Å². The Morgan fingerprint density at radius 3 is 2.26 bits per heavy atom. The maximum absolute atomic E-state index is 12.6. The summed E-state index contributed by atoms with van der Waals surface area (Å²) >= 11 is 0. The van der Waals surface area contributed by atoms with Gasteiger partial charge in [0.2, 0.25) is 0 Å². The number of hydrogen-bond donors (Lipinski definition) is 2. The van der Waals surface area contributed by atoms with E-state index in [0.717, 1.165) is 39.4 Å². The molecule has 0 saturated heterocycles. The molecule has 0 radical (unpaired) electrons. The molecular formula is C30H29N3O2. The Hall–Kier alpha value is -4.38. The van der Waals surface area contributed by atoms with Crippen LogP contribution >= 0.6 is 0 Å². The number of pyridine rings is 1. The van der Waals surface area contributed by atoms with Crippen LogP contribution in [0.15, 0.2) is 97.2 Å². The predicted octanol–water partition coefficient (Wildman–Crippen LogP) is 7.63. The zero-order valence-corrected chi connectivity index (χ0v) is 20.2. The van der Waals surface area contributed by atoms with Gasteiger partial charge in [0.25, 0.3) is 0 Å². The number of H-pyrrole nitrogens is 1. The van der Waals surface area contributed by atoms with Gasteiger partial charge in [0.1, 0.15) is 11.4 Å². The second-order valence-corrected chi connectivity index (χ2v) is 7.66. The Labute approximate surface area is 205 Å². The molecule has 5 nitrogen and oxygen atoms in total. The summed E-state index contributed by atoms with van der Waals surface area (Å²) in [6.07, 6.45) is 1.77. The topological polar surface area (TPSA) is 67.0 Å². The Morgan fingerprint density at radius 2 is 1.57 bits per heavy atom. The highest BCUT2D eigenvalue weighted by Crippen LogP contribution is 2.30. The standard InChI is InChI=1S/C28H23N3O2.C2H6/c1-2-33-23-14-10-19(11-15-23)26-18-24-25(16-17-29-28(24)31-26)30-22-12-8-21(9-13-22)27(32)20-6-4-3-5-7-20;1-2/h3-18H,2H2,1H3,(H2,29,30,31);1-2H3. The molecule has 0 amide bonds. The molecule has 0 fully saturated rings. The molecule has 5 heteroatoms. The van der Waals surface area contributed by atoms with Gasteiger partial charge in [-0.05, 0) is 73.2 Å². The van der Waals surface area contributed by atoms with Crippen molar-refractivity contribution in [2.75, 3.05) is 11.9 Å². The SMILES string of the molecule is CC.CCOc1ccc(-c2cc3c(Nc4ccc(C(=O)c5ccccc5)cc4)ccnc3[nH]2)cc1. The highest BCUT2D eigenvalue weighted by atomic mass is 16.5. The minimum Gasteiger partial charge on any atom is -0.494 e. The van der Waals surface area contributed by atoms with Crippen molar-refractivity contribution in [2.24, 2.45) is 0 Å². The van der Waals surface area contributed by atoms with Crippen molar-refractivity contribution in [3.05, 3.63) is 108 Å². The van der Waals surface area contributed by atoms with Crippen molar-refractivity contribution in [2.45, 2.75) is 20.8 Å². The molecule has 0 unspecified atom stereocenters. The molecule has 0 atom stereocenters. The van der Waals surface area contributed by atoms with Gasteiger partial charge in [-0.15, -0.1) is 0 Å². The summed E-state index contributed by atoms with van der Waals surface area (Å²) in [6, 6.07) is 28.9. The first-order valence-electron chi connectivity index (χ1n) is 11.9. The van der Waals surface area contributed by atoms with Crippen molar-refractivity contribution in [3.63, 3.8) is 0 Å². The lowest BCUT2D eigenvalue weighted by Gasteiger charge is -2.08. The molecule has 2 aromatic heterocycles. The number of aromatic amines is 1. The zero-order chi connectivity index (χ0) is 24.6. The van der Waals surface area contributed by atoms with Gasteiger partial charge in [-0.2, -0.15) is 0 Å². The van der Waals surface area contributed by atoms with Crippen molar-refractivity contribution in [3.8, 4) is 17.0 Å². The van der Waals surface area contributed by atoms with Crippen molar-refractivity contribution in [1.82, 2.24) is 9.97 Å². The average molecular weight is 464 g/mol. The van der Waals surface area contributed by atoms with Crippen LogP contribution in [0.4, 0.5) is 11.4 Å². The second-order valence-electron chi connectivity index (χ2n) is 7.66. The smallest absolute Gasteiger partial charge is 0.193 e. The Morgan fingerprint density at radius 1 is 0.886 bits per heavy atom. The first kappa shape index (κ1) is 23.8. The van der Waals surface area contributed by atoms with Crippen LogP contribution in [0.25, 0.3) is 22.3 Å². The summed E-state index contributed by atoms with van der Waals surface area (Å²) < 4.78 is 5.54. The highest BCUT2D eigenvalue weighted by Gasteiger charge is 2.11. The molecule has 0 aliphatic rings. The number of rotatable bonds is 7. The van der Waals surface area contributed by atoms with Crippen LogP contribution in [-0.4, -0.2) is 22.4 Å². The third-order valence-electron chi connectivity index (χ3n) is 5.47. The number of benzene rings is 3. The summed E-state index contributed by atoms with van der Waals surface area (Å²) in [5.41, 5.74) is 6.03. The zero-order valence-electron chi connectivity index (χ0n) is 20.2. The van der Waals surface area contributed by atoms with E-state index in [2.05, 4.69) is 21.4 Å². The lowest BCUT2D eigenvalue weighted by atomic mass is 10.0. The minimum atomic E-state index is 0.0130. The van der Waals surface area contributed by atoms with Gasteiger partial charge in [-0.1, -0.05) is 44.2 Å². The lowest BCUT2D eigenvalue weighted by molar-refractivity contribution is 0.103. The first-order chi connectivity index (χ1) is 17.2. The van der Waals surface area contributed by atoms with E-state index in [9.17, 15) is 4.79 Å². The van der Waals surface area contributed by atoms with E-state index >= 15 is 0 Å². The van der Waals surface area contributed by atoms with Crippen LogP contribution in [0.1, 0.15) is 36.7 Å². The molecule has 176 valence electrons. The number of nitrogens with zero attached hydrogens (tertiary/aromatic N) is 1. The number of anilines is 2. The van der Waals surface area contributed by atoms with Gasteiger partial charge < -0.3 is 15.0 Å². The fourth-order valence-electron chi connectivity index (χ4n) is 3.81. The predicted molar refractivity (Wildman–Crippen MR) is 144 cm³/mol. The summed E-state index contributed by atoms with van der Waals surface area (Å²) in [4.78, 5) is 20.5. The fraction of sp³-hybridized carbons (Fsp3) is 0.133. The molecule has 0 aliphatic heterocycles. The Bertz CT molecular complexity index is 1390. The van der Waals surface area contributed by atoms with Gasteiger partial charge in [-0.25, -0.2) is 4.98 Å². The fourth-order valence-corrected chi connectivity index (χ4v) is 3.81. The van der Waals surface area contributed by atoms with Gasteiger partial charge in [0, 0.05) is 34.1 Å². The molecule has 0 bridgehead atoms. The number of aromatic nitrogens is 2. The third-order valence-corrected chi connectivity index (χ3v) is 5.47. The van der Waals surface area contributed by atoms with E-state index in [0.29, 0.717) is 17.7 Å². The van der Waals surface area contributed by atoms with Crippen LogP contribution in [0.5, 0.6) is 5.75 Å². The lowest BCUT2D eigenvalue weighted by Crippen LogP contribution is -2.01. The van der Waals surface area contributed by atoms with Gasteiger partial charge in [-0.3, -0.25) is 4.79 Å². The molecule has 35 heavy (non-hydrogen) atoms. The van der Waals surface area contributed by atoms with E-state index in [1.54, 1.807) is 6.20 Å². The van der Waals surface area contributed by atoms with E-state index in [-0.39, 0.29) is 5.78 Å². The largest absolute Gasteiger partial charge is 0.494 e. The van der Waals surface area contributed by atoms with Crippen LogP contribution < -0.4 is 10.1 Å². The number of fused-ring (bicyclic) bond motifs is 1. The van der Waals surface area contributed by atoms with Crippen LogP contribution in [0.2, 0.25) is 0 Å². The molecule has 0 saturated carbocycles. The maximum Gasteiger partial charge on any atom is 0.193 e. The summed E-state index contributed by atoms with van der Waals surface area (Å²) in [5, 5.41) is 4.44. The van der Waals surface area contributed by atoms with Crippen LogP contribution in [0, 0.1) is 0 Å². The molecule has 2 N–H and O–H groups in total. The molecule has 2 heterocycles. The third kappa shape index (κ3) is 5.41. The molecule has 5 aromatic rings. The normalized spacial score (nSPS) is 10.4. The summed E-state index contributed by atoms with van der Waals surface area (Å²) in [5.74, 6) is 0.867. The number of carbonyl (C=O) groups is 1. The number of nitrogens with one attached hydrogen (secondary N) is 2. The van der Waals surface area contributed by atoms with Crippen molar-refractivity contribution in [1.29, 1.82) is 0 Å². The number of hydrogen-bond acceptors (Lipinski definition) is 4. The highest BCUT2D eigenvalue weighted by molar-refractivity contribution is 6.09. The van der Waals surface area contributed by atoms with Gasteiger partial charge in [0.05, 0.1) is 12.3 Å². The number of carbonyl (C=O) groups excluding carboxylic acids is 1. The van der Waals surface area contributed by atoms with Crippen LogP contribution in [-0.2, 0) is 0 Å². The molecule has 5 rings (SSSR count). The summed E-state index contributed by atoms with van der Waals surface area (Å²) in [7, 11) is 0. The van der Waals surface area contributed by atoms with E-state index in [1.807, 2.05) is 106 Å². The molecule has 3 aromatic carbocycles. The molecule has 0 spiro atoms. The molecule has 0 aliphatic carbocycles. The molecular weight excluding hydrogens is 434 g/mol. The quantitative estimate of drug-likeness (QED) is 0.244. The number of ether oxygens (including phenoxy) is 1. The van der Waals surface area contributed by atoms with Crippen molar-refractivity contribution < 1.29 is 9.53 Å². The minimum absolute atomic E-state index is 0.0130. The Kier molecular flexibility index (Phi) is 7.58.